The van der Waals surface area contributed by atoms with E-state index in [-0.39, 0.29) is 11.7 Å². The summed E-state index contributed by atoms with van der Waals surface area (Å²) in [6.45, 7) is 1.75. The third kappa shape index (κ3) is 2.38. The van der Waals surface area contributed by atoms with Crippen LogP contribution in [0.2, 0.25) is 0 Å². The molecule has 1 aliphatic carbocycles. The number of amides is 1. The third-order valence-corrected chi connectivity index (χ3v) is 2.92. The maximum absolute atomic E-state index is 11.6. The number of carboxylic acid groups (broad SMARTS) is 1. The number of hydrogen-bond donors (Lipinski definition) is 3. The quantitative estimate of drug-likeness (QED) is 0.738. The summed E-state index contributed by atoms with van der Waals surface area (Å²) in [4.78, 5) is 22.2. The zero-order valence-electron chi connectivity index (χ0n) is 9.30. The van der Waals surface area contributed by atoms with E-state index in [1.807, 2.05) is 0 Å². The highest BCUT2D eigenvalue weighted by atomic mass is 16.4. The van der Waals surface area contributed by atoms with Crippen LogP contribution in [-0.2, 0) is 9.59 Å². The van der Waals surface area contributed by atoms with Gasteiger partial charge in [-0.2, -0.15) is 0 Å². The van der Waals surface area contributed by atoms with Crippen molar-refractivity contribution in [2.45, 2.75) is 13.3 Å². The van der Waals surface area contributed by atoms with Crippen LogP contribution in [0.15, 0.2) is 18.2 Å². The fraction of sp³-hybridized carbons (Fsp3) is 0.333. The molecule has 0 aromatic heterocycles. The van der Waals surface area contributed by atoms with Gasteiger partial charge in [0.2, 0.25) is 5.91 Å². The van der Waals surface area contributed by atoms with Gasteiger partial charge in [0.1, 0.15) is 5.75 Å². The van der Waals surface area contributed by atoms with E-state index in [0.717, 1.165) is 5.56 Å². The number of benzene rings is 1. The number of hydrogen-bond acceptors (Lipinski definition) is 3. The number of carbonyl (C=O) groups is 2. The van der Waals surface area contributed by atoms with Crippen molar-refractivity contribution in [2.24, 2.45) is 11.8 Å². The number of rotatable bonds is 3. The number of nitrogens with one attached hydrogen (secondary N) is 1. The highest BCUT2D eigenvalue weighted by Gasteiger charge is 2.48. The smallest absolute Gasteiger partial charge is 0.307 e. The Balaban J connectivity index is 2.00. The van der Waals surface area contributed by atoms with Crippen LogP contribution >= 0.6 is 0 Å². The van der Waals surface area contributed by atoms with Gasteiger partial charge in [0.25, 0.3) is 0 Å². The molecule has 2 unspecified atom stereocenters. The van der Waals surface area contributed by atoms with E-state index >= 15 is 0 Å². The van der Waals surface area contributed by atoms with Crippen LogP contribution in [0.1, 0.15) is 12.0 Å². The molecule has 0 heterocycles. The molecule has 1 fully saturated rings. The Kier molecular flexibility index (Phi) is 2.75. The van der Waals surface area contributed by atoms with E-state index in [1.165, 1.54) is 6.07 Å². The molecule has 1 aromatic rings. The molecule has 3 N–H and O–H groups in total. The van der Waals surface area contributed by atoms with Crippen molar-refractivity contribution >= 4 is 17.6 Å². The molecule has 2 atom stereocenters. The average molecular weight is 235 g/mol. The summed E-state index contributed by atoms with van der Waals surface area (Å²) in [7, 11) is 0. The molecular weight excluding hydrogens is 222 g/mol. The van der Waals surface area contributed by atoms with Gasteiger partial charge in [0, 0.05) is 11.8 Å². The van der Waals surface area contributed by atoms with Crippen LogP contribution in [-0.4, -0.2) is 22.1 Å². The fourth-order valence-corrected chi connectivity index (χ4v) is 1.68. The molecule has 90 valence electrons. The van der Waals surface area contributed by atoms with Crippen molar-refractivity contribution < 1.29 is 19.8 Å². The van der Waals surface area contributed by atoms with Crippen LogP contribution in [0, 0.1) is 18.8 Å². The molecule has 0 radical (unpaired) electrons. The summed E-state index contributed by atoms with van der Waals surface area (Å²) in [5.74, 6) is -2.14. The van der Waals surface area contributed by atoms with Gasteiger partial charge >= 0.3 is 5.97 Å². The van der Waals surface area contributed by atoms with Gasteiger partial charge in [-0.05, 0) is 25.0 Å². The lowest BCUT2D eigenvalue weighted by molar-refractivity contribution is -0.139. The van der Waals surface area contributed by atoms with Gasteiger partial charge in [-0.1, -0.05) is 6.07 Å². The van der Waals surface area contributed by atoms with Crippen molar-refractivity contribution in [1.29, 1.82) is 0 Å². The summed E-state index contributed by atoms with van der Waals surface area (Å²) in [5.41, 5.74) is 1.20. The van der Waals surface area contributed by atoms with Gasteiger partial charge in [-0.3, -0.25) is 9.59 Å². The lowest BCUT2D eigenvalue weighted by atomic mass is 10.2. The highest BCUT2D eigenvalue weighted by molar-refractivity contribution is 5.98. The number of carbonyl (C=O) groups excluding carboxylic acids is 1. The predicted molar refractivity (Wildman–Crippen MR) is 60.7 cm³/mol. The summed E-state index contributed by atoms with van der Waals surface area (Å²) >= 11 is 0. The van der Waals surface area contributed by atoms with Crippen LogP contribution in [0.5, 0.6) is 5.75 Å². The van der Waals surface area contributed by atoms with Crippen molar-refractivity contribution in [3.63, 3.8) is 0 Å². The second kappa shape index (κ2) is 4.08. The molecule has 1 saturated carbocycles. The number of phenolic OH excluding ortho intramolecular Hbond substituents is 1. The van der Waals surface area contributed by atoms with Crippen LogP contribution in [0.3, 0.4) is 0 Å². The van der Waals surface area contributed by atoms with Crippen LogP contribution in [0.4, 0.5) is 5.69 Å². The highest BCUT2D eigenvalue weighted by Crippen LogP contribution is 2.39. The summed E-state index contributed by atoms with van der Waals surface area (Å²) in [6.07, 6.45) is 0.388. The van der Waals surface area contributed by atoms with E-state index in [9.17, 15) is 14.7 Å². The average Bonchev–Trinajstić information content (AvgIpc) is 3.03. The van der Waals surface area contributed by atoms with Crippen molar-refractivity contribution in [1.82, 2.24) is 0 Å². The third-order valence-electron chi connectivity index (χ3n) is 2.92. The molecule has 0 spiro atoms. The first-order valence-corrected chi connectivity index (χ1v) is 5.32. The Morgan fingerprint density at radius 1 is 1.35 bits per heavy atom. The Bertz CT molecular complexity index is 483. The second-order valence-corrected chi connectivity index (χ2v) is 4.28. The van der Waals surface area contributed by atoms with Crippen LogP contribution in [0.25, 0.3) is 0 Å². The lowest BCUT2D eigenvalue weighted by Gasteiger charge is -2.06. The normalized spacial score (nSPS) is 21.9. The molecule has 1 aliphatic rings. The number of aromatic hydroxyl groups is 1. The molecule has 17 heavy (non-hydrogen) atoms. The number of aliphatic carboxylic acids is 1. The van der Waals surface area contributed by atoms with Crippen LogP contribution < -0.4 is 5.32 Å². The zero-order chi connectivity index (χ0) is 12.6. The van der Waals surface area contributed by atoms with Gasteiger partial charge < -0.3 is 15.5 Å². The Hall–Kier alpha value is -2.04. The zero-order valence-corrected chi connectivity index (χ0v) is 9.30. The van der Waals surface area contributed by atoms with Crippen molar-refractivity contribution in [3.8, 4) is 5.75 Å². The maximum atomic E-state index is 11.6. The Labute approximate surface area is 98.1 Å². The van der Waals surface area contributed by atoms with E-state index in [0.29, 0.717) is 12.1 Å². The van der Waals surface area contributed by atoms with Gasteiger partial charge in [-0.25, -0.2) is 0 Å². The van der Waals surface area contributed by atoms with E-state index in [2.05, 4.69) is 5.32 Å². The topological polar surface area (TPSA) is 86.6 Å². The minimum Gasteiger partial charge on any atom is -0.508 e. The van der Waals surface area contributed by atoms with E-state index < -0.39 is 17.8 Å². The molecular formula is C12H13NO4. The summed E-state index contributed by atoms with van der Waals surface area (Å²) in [5, 5.41) is 20.8. The molecule has 0 bridgehead atoms. The molecule has 0 saturated heterocycles. The molecule has 1 amide bonds. The monoisotopic (exact) mass is 235 g/mol. The van der Waals surface area contributed by atoms with E-state index in [4.69, 9.17) is 5.11 Å². The van der Waals surface area contributed by atoms with Crippen molar-refractivity contribution in [2.75, 3.05) is 5.32 Å². The number of phenols is 1. The second-order valence-electron chi connectivity index (χ2n) is 4.28. The number of carboxylic acids is 1. The SMILES string of the molecule is Cc1ccc(NC(=O)C2CC2C(=O)O)cc1O. The lowest BCUT2D eigenvalue weighted by Crippen LogP contribution is -2.16. The summed E-state index contributed by atoms with van der Waals surface area (Å²) in [6, 6.07) is 4.81. The Morgan fingerprint density at radius 2 is 2.06 bits per heavy atom. The largest absolute Gasteiger partial charge is 0.508 e. The van der Waals surface area contributed by atoms with Gasteiger partial charge in [0.05, 0.1) is 11.8 Å². The molecule has 0 aliphatic heterocycles. The first-order valence-electron chi connectivity index (χ1n) is 5.32. The first-order chi connectivity index (χ1) is 7.99. The predicted octanol–water partition coefficient (Wildman–Crippen LogP) is 1.36. The maximum Gasteiger partial charge on any atom is 0.307 e. The molecule has 5 heteroatoms. The van der Waals surface area contributed by atoms with E-state index in [1.54, 1.807) is 19.1 Å². The summed E-state index contributed by atoms with van der Waals surface area (Å²) < 4.78 is 0. The molecule has 1 aromatic carbocycles. The first kappa shape index (κ1) is 11.4. The minimum absolute atomic E-state index is 0.105. The van der Waals surface area contributed by atoms with Gasteiger partial charge in [0.15, 0.2) is 0 Å². The standard InChI is InChI=1S/C12H13NO4/c1-6-2-3-7(4-10(6)14)13-11(15)8-5-9(8)12(16)17/h2-4,8-9,14H,5H2,1H3,(H,13,15)(H,16,17). The Morgan fingerprint density at radius 3 is 2.59 bits per heavy atom. The fourth-order valence-electron chi connectivity index (χ4n) is 1.68. The van der Waals surface area contributed by atoms with Crippen molar-refractivity contribution in [3.05, 3.63) is 23.8 Å². The minimum atomic E-state index is -0.933. The number of anilines is 1. The number of aryl methyl sites for hydroxylation is 1. The molecule has 5 nitrogen and oxygen atoms in total. The molecule has 2 rings (SSSR count). The van der Waals surface area contributed by atoms with Gasteiger partial charge in [-0.15, -0.1) is 0 Å².